The van der Waals surface area contributed by atoms with Gasteiger partial charge in [0.05, 0.1) is 52.5 Å². The molecule has 7 aromatic carbocycles. The fraction of sp³-hybridized carbons (Fsp3) is 0. The lowest BCUT2D eigenvalue weighted by molar-refractivity contribution is 1.18. The second-order valence-corrected chi connectivity index (χ2v) is 12.3. The van der Waals surface area contributed by atoms with Gasteiger partial charge in [0.15, 0.2) is 5.69 Å². The van der Waals surface area contributed by atoms with E-state index in [0.29, 0.717) is 16.9 Å². The van der Waals surface area contributed by atoms with Crippen LogP contribution in [0.15, 0.2) is 152 Å². The van der Waals surface area contributed by atoms with Gasteiger partial charge in [0.2, 0.25) is 5.69 Å². The molecule has 0 bridgehead atoms. The number of aromatic nitrogens is 2. The summed E-state index contributed by atoms with van der Waals surface area (Å²) in [7, 11) is 0. The average Bonchev–Trinajstić information content (AvgIpc) is 3.69. The molecular weight excluding hydrogens is 611 g/mol. The first-order chi connectivity index (χ1) is 24.7. The number of para-hydroxylation sites is 3. The topological polar surface area (TPSA) is 42.4 Å². The van der Waals surface area contributed by atoms with Gasteiger partial charge >= 0.3 is 0 Å². The summed E-state index contributed by atoms with van der Waals surface area (Å²) < 4.78 is 4.43. The third-order valence-electron chi connectivity index (χ3n) is 9.58. The predicted octanol–water partition coefficient (Wildman–Crippen LogP) is 12.2. The summed E-state index contributed by atoms with van der Waals surface area (Å²) in [5, 5.41) is 13.8. The summed E-state index contributed by atoms with van der Waals surface area (Å²) in [6, 6.07) is 53.4. The Kier molecular flexibility index (Phi) is 6.56. The molecule has 0 radical (unpaired) electrons. The molecule has 0 saturated carbocycles. The Labute approximate surface area is 288 Å². The van der Waals surface area contributed by atoms with Crippen molar-refractivity contribution in [1.82, 2.24) is 9.13 Å². The third kappa shape index (κ3) is 4.38. The zero-order chi connectivity index (χ0) is 33.8. The molecule has 0 amide bonds. The fourth-order valence-electron chi connectivity index (χ4n) is 7.35. The van der Waals surface area contributed by atoms with Crippen molar-refractivity contribution in [3.63, 3.8) is 0 Å². The second-order valence-electron chi connectivity index (χ2n) is 12.3. The molecule has 50 heavy (non-hydrogen) atoms. The molecule has 0 atom stereocenters. The minimum Gasteiger partial charge on any atom is -0.318 e. The number of nitriles is 1. The van der Waals surface area contributed by atoms with Crippen LogP contribution in [0.4, 0.5) is 11.4 Å². The van der Waals surface area contributed by atoms with Crippen molar-refractivity contribution < 1.29 is 0 Å². The molecule has 2 aromatic heterocycles. The van der Waals surface area contributed by atoms with Gasteiger partial charge in [0, 0.05) is 21.8 Å². The second kappa shape index (κ2) is 11.4. The summed E-state index contributed by atoms with van der Waals surface area (Å²) in [6.45, 7) is 15.7. The van der Waals surface area contributed by atoms with E-state index < -0.39 is 0 Å². The van der Waals surface area contributed by atoms with Crippen LogP contribution in [0.2, 0.25) is 0 Å². The minimum absolute atomic E-state index is 0.566. The monoisotopic (exact) mass is 635 g/mol. The van der Waals surface area contributed by atoms with Crippen molar-refractivity contribution in [2.75, 3.05) is 0 Å². The van der Waals surface area contributed by atoms with E-state index in [-0.39, 0.29) is 0 Å². The van der Waals surface area contributed by atoms with Crippen LogP contribution >= 0.6 is 0 Å². The van der Waals surface area contributed by atoms with E-state index in [9.17, 15) is 5.26 Å². The van der Waals surface area contributed by atoms with Crippen LogP contribution in [0.5, 0.6) is 0 Å². The van der Waals surface area contributed by atoms with E-state index in [0.717, 1.165) is 77.2 Å². The van der Waals surface area contributed by atoms with Crippen molar-refractivity contribution in [3.8, 4) is 39.7 Å². The first kappa shape index (κ1) is 28.8. The molecule has 0 saturated heterocycles. The van der Waals surface area contributed by atoms with Gasteiger partial charge in [-0.1, -0.05) is 97.1 Å². The van der Waals surface area contributed by atoms with Crippen molar-refractivity contribution in [1.29, 1.82) is 5.26 Å². The molecular formula is C45H25N5. The molecule has 0 aliphatic carbocycles. The average molecular weight is 636 g/mol. The van der Waals surface area contributed by atoms with E-state index in [2.05, 4.69) is 116 Å². The van der Waals surface area contributed by atoms with Crippen LogP contribution in [0, 0.1) is 24.5 Å². The van der Waals surface area contributed by atoms with Gasteiger partial charge in [-0.3, -0.25) is 0 Å². The van der Waals surface area contributed by atoms with Gasteiger partial charge in [0.25, 0.3) is 0 Å². The Balaban J connectivity index is 1.17. The van der Waals surface area contributed by atoms with Gasteiger partial charge in [-0.15, -0.1) is 0 Å². The Morgan fingerprint density at radius 2 is 1.12 bits per heavy atom. The van der Waals surface area contributed by atoms with Crippen molar-refractivity contribution >= 4 is 55.0 Å². The maximum atomic E-state index is 9.60. The number of benzene rings is 7. The molecule has 230 valence electrons. The molecule has 0 fully saturated rings. The lowest BCUT2D eigenvalue weighted by Gasteiger charge is -2.16. The summed E-state index contributed by atoms with van der Waals surface area (Å²) in [5.74, 6) is 0. The molecule has 0 aliphatic rings. The van der Waals surface area contributed by atoms with Gasteiger partial charge in [0.1, 0.15) is 0 Å². The molecule has 0 aliphatic heterocycles. The van der Waals surface area contributed by atoms with Gasteiger partial charge in [-0.2, -0.15) is 5.26 Å². The highest BCUT2D eigenvalue weighted by Gasteiger charge is 2.19. The molecule has 0 N–H and O–H groups in total. The molecule has 5 nitrogen and oxygen atoms in total. The quantitative estimate of drug-likeness (QED) is 0.177. The highest BCUT2D eigenvalue weighted by atomic mass is 15.0. The zero-order valence-electron chi connectivity index (χ0n) is 26.7. The van der Waals surface area contributed by atoms with Crippen LogP contribution < -0.4 is 0 Å². The Morgan fingerprint density at radius 1 is 0.480 bits per heavy atom. The maximum absolute atomic E-state index is 9.60. The van der Waals surface area contributed by atoms with Crippen LogP contribution in [0.1, 0.15) is 5.56 Å². The molecule has 2 heterocycles. The highest BCUT2D eigenvalue weighted by molar-refractivity contribution is 6.11. The first-order valence-electron chi connectivity index (χ1n) is 16.2. The largest absolute Gasteiger partial charge is 0.318 e. The number of nitrogens with zero attached hydrogens (tertiary/aromatic N) is 5. The first-order valence-corrected chi connectivity index (χ1v) is 16.2. The van der Waals surface area contributed by atoms with E-state index >= 15 is 0 Å². The van der Waals surface area contributed by atoms with Crippen molar-refractivity contribution in [3.05, 3.63) is 180 Å². The van der Waals surface area contributed by atoms with Crippen LogP contribution in [0.3, 0.4) is 0 Å². The normalized spacial score (nSPS) is 11.1. The molecule has 0 unspecified atom stereocenters. The molecule has 9 aromatic rings. The molecule has 9 rings (SSSR count). The number of fused-ring (bicyclic) bond motifs is 6. The number of hydrogen-bond acceptors (Lipinski definition) is 1. The SMILES string of the molecule is [C-]#[N+]c1ccc2c(c1)c1cc(C#N)ccc1n2-c1cccc(-c2ccc(-c3cccc([N+]#[C-])c3-n3c4ccccc4c4ccccc43)cc2)c1. The minimum atomic E-state index is 0.566. The van der Waals surface area contributed by atoms with Gasteiger partial charge in [-0.05, 0) is 82.2 Å². The van der Waals surface area contributed by atoms with E-state index in [1.54, 1.807) is 0 Å². The number of rotatable bonds is 4. The Hall–Kier alpha value is -7.39. The summed E-state index contributed by atoms with van der Waals surface area (Å²) in [6.07, 6.45) is 0. The fourth-order valence-corrected chi connectivity index (χ4v) is 7.35. The third-order valence-corrected chi connectivity index (χ3v) is 9.58. The molecule has 0 spiro atoms. The van der Waals surface area contributed by atoms with E-state index in [1.165, 1.54) is 0 Å². The lowest BCUT2D eigenvalue weighted by Crippen LogP contribution is -1.97. The summed E-state index contributed by atoms with van der Waals surface area (Å²) in [4.78, 5) is 7.64. The standard InChI is InChI=1S/C45H25N5/c1-47-33-22-24-44-39(27-33)38-25-29(28-46)17-23-43(38)49(44)34-10-7-9-32(26-34)30-18-20-31(21-19-30)35-13-8-14-40(48-2)45(35)50-41-15-5-3-11-36(41)37-12-4-6-16-42(37)50/h3-27H. The highest BCUT2D eigenvalue weighted by Crippen LogP contribution is 2.41. The van der Waals surface area contributed by atoms with Crippen molar-refractivity contribution in [2.45, 2.75) is 0 Å². The smallest absolute Gasteiger partial charge is 0.211 e. The maximum Gasteiger partial charge on any atom is 0.211 e. The van der Waals surface area contributed by atoms with Crippen LogP contribution in [-0.2, 0) is 0 Å². The molecule has 5 heteroatoms. The lowest BCUT2D eigenvalue weighted by atomic mass is 9.98. The van der Waals surface area contributed by atoms with Crippen LogP contribution in [-0.4, -0.2) is 9.13 Å². The zero-order valence-corrected chi connectivity index (χ0v) is 26.7. The number of hydrogen-bond donors (Lipinski definition) is 0. The summed E-state index contributed by atoms with van der Waals surface area (Å²) in [5.41, 5.74) is 11.9. The Bertz CT molecular complexity index is 2830. The van der Waals surface area contributed by atoms with E-state index in [4.69, 9.17) is 13.1 Å². The summed E-state index contributed by atoms with van der Waals surface area (Å²) >= 11 is 0. The van der Waals surface area contributed by atoms with Gasteiger partial charge in [-0.25, -0.2) is 9.69 Å². The van der Waals surface area contributed by atoms with Gasteiger partial charge < -0.3 is 9.13 Å². The predicted molar refractivity (Wildman–Crippen MR) is 203 cm³/mol. The van der Waals surface area contributed by atoms with Crippen molar-refractivity contribution in [2.24, 2.45) is 0 Å². The van der Waals surface area contributed by atoms with E-state index in [1.807, 2.05) is 60.7 Å². The Morgan fingerprint density at radius 3 is 1.82 bits per heavy atom. The van der Waals surface area contributed by atoms with Crippen LogP contribution in [0.25, 0.3) is 86.9 Å².